The second-order valence-corrected chi connectivity index (χ2v) is 7.52. The van der Waals surface area contributed by atoms with Crippen molar-refractivity contribution in [2.24, 2.45) is 0 Å². The van der Waals surface area contributed by atoms with Gasteiger partial charge in [-0.25, -0.2) is 9.97 Å². The first-order valence-electron chi connectivity index (χ1n) is 9.71. The van der Waals surface area contributed by atoms with Crippen molar-refractivity contribution in [1.29, 1.82) is 0 Å². The lowest BCUT2D eigenvalue weighted by Crippen LogP contribution is -2.29. The lowest BCUT2D eigenvalue weighted by molar-refractivity contribution is -0.111. The van der Waals surface area contributed by atoms with E-state index in [-0.39, 0.29) is 17.9 Å². The average Bonchev–Trinajstić information content (AvgIpc) is 3.10. The molecule has 0 aliphatic carbocycles. The molecule has 3 N–H and O–H groups in total. The first-order valence-corrected chi connectivity index (χ1v) is 9.71. The largest absolute Gasteiger partial charge is 0.350 e. The van der Waals surface area contributed by atoms with E-state index >= 15 is 0 Å². The summed E-state index contributed by atoms with van der Waals surface area (Å²) in [6.45, 7) is 4.49. The number of likely N-dealkylation sites (N-methyl/N-ethyl adjacent to an activating group) is 1. The summed E-state index contributed by atoms with van der Waals surface area (Å²) >= 11 is 0. The molecular formula is C22H26N6O2. The molecule has 3 rings (SSSR count). The van der Waals surface area contributed by atoms with Crippen LogP contribution in [0.3, 0.4) is 0 Å². The molecule has 8 nitrogen and oxygen atoms in total. The summed E-state index contributed by atoms with van der Waals surface area (Å²) < 4.78 is 0. The van der Waals surface area contributed by atoms with Crippen LogP contribution >= 0.6 is 0 Å². The van der Waals surface area contributed by atoms with Crippen molar-refractivity contribution in [3.8, 4) is 11.3 Å². The molecule has 3 aromatic rings. The van der Waals surface area contributed by atoms with Gasteiger partial charge in [-0.2, -0.15) is 0 Å². The number of aromatic amines is 1. The fraction of sp³-hybridized carbons (Fsp3) is 0.273. The summed E-state index contributed by atoms with van der Waals surface area (Å²) in [5, 5.41) is 5.71. The van der Waals surface area contributed by atoms with E-state index in [1.165, 1.54) is 6.08 Å². The van der Waals surface area contributed by atoms with Crippen LogP contribution in [0.25, 0.3) is 22.4 Å². The fourth-order valence-corrected chi connectivity index (χ4v) is 2.85. The van der Waals surface area contributed by atoms with Gasteiger partial charge in [-0.1, -0.05) is 18.2 Å². The maximum absolute atomic E-state index is 12.4. The minimum absolute atomic E-state index is 0.0191. The van der Waals surface area contributed by atoms with Crippen LogP contribution in [-0.4, -0.2) is 58.3 Å². The molecule has 0 spiro atoms. The third-order valence-electron chi connectivity index (χ3n) is 4.21. The summed E-state index contributed by atoms with van der Waals surface area (Å²) in [6.07, 6.45) is 6.57. The minimum atomic E-state index is -0.201. The van der Waals surface area contributed by atoms with E-state index < -0.39 is 0 Å². The molecule has 1 aromatic carbocycles. The summed E-state index contributed by atoms with van der Waals surface area (Å²) in [7, 11) is 3.87. The standard InChI is InChI=1S/C22H26N6O2/c1-14(2)25-22(30)17-12-23-21-20(17)27-18(13-24-21)15-7-5-8-16(11-15)26-19(29)9-6-10-28(3)4/h5-9,11-14H,10H2,1-4H3,(H,23,24)(H,25,30)(H,26,29)/b9-6+. The molecule has 0 saturated carbocycles. The highest BCUT2D eigenvalue weighted by Gasteiger charge is 2.16. The number of anilines is 1. The Bertz CT molecular complexity index is 1080. The number of benzene rings is 1. The number of rotatable bonds is 7. The van der Waals surface area contributed by atoms with Gasteiger partial charge in [-0.15, -0.1) is 0 Å². The Morgan fingerprint density at radius 3 is 2.80 bits per heavy atom. The number of amides is 2. The molecular weight excluding hydrogens is 380 g/mol. The van der Waals surface area contributed by atoms with Crippen LogP contribution in [0.15, 0.2) is 48.8 Å². The van der Waals surface area contributed by atoms with Crippen molar-refractivity contribution >= 4 is 28.7 Å². The quantitative estimate of drug-likeness (QED) is 0.524. The predicted octanol–water partition coefficient (Wildman–Crippen LogP) is 2.82. The van der Waals surface area contributed by atoms with E-state index in [4.69, 9.17) is 0 Å². The molecule has 30 heavy (non-hydrogen) atoms. The fourth-order valence-electron chi connectivity index (χ4n) is 2.85. The van der Waals surface area contributed by atoms with Crippen LogP contribution in [0.4, 0.5) is 5.69 Å². The van der Waals surface area contributed by atoms with Gasteiger partial charge >= 0.3 is 0 Å². The molecule has 0 radical (unpaired) electrons. The number of nitrogens with one attached hydrogen (secondary N) is 3. The average molecular weight is 406 g/mol. The van der Waals surface area contributed by atoms with Crippen LogP contribution in [0, 0.1) is 0 Å². The van der Waals surface area contributed by atoms with E-state index in [0.29, 0.717) is 34.7 Å². The Kier molecular flexibility index (Phi) is 6.58. The number of hydrogen-bond acceptors (Lipinski definition) is 5. The van der Waals surface area contributed by atoms with Gasteiger partial charge < -0.3 is 20.5 Å². The van der Waals surface area contributed by atoms with Crippen molar-refractivity contribution in [3.63, 3.8) is 0 Å². The van der Waals surface area contributed by atoms with E-state index in [1.54, 1.807) is 18.5 Å². The highest BCUT2D eigenvalue weighted by atomic mass is 16.2. The Hall–Kier alpha value is -3.52. The van der Waals surface area contributed by atoms with Crippen LogP contribution in [0.5, 0.6) is 0 Å². The van der Waals surface area contributed by atoms with Crippen molar-refractivity contribution in [2.45, 2.75) is 19.9 Å². The van der Waals surface area contributed by atoms with Gasteiger partial charge in [0.2, 0.25) is 5.91 Å². The third kappa shape index (κ3) is 5.30. The van der Waals surface area contributed by atoms with Gasteiger partial charge in [-0.3, -0.25) is 9.59 Å². The van der Waals surface area contributed by atoms with Crippen LogP contribution in [0.2, 0.25) is 0 Å². The van der Waals surface area contributed by atoms with Crippen LogP contribution < -0.4 is 10.6 Å². The second-order valence-electron chi connectivity index (χ2n) is 7.52. The molecule has 0 bridgehead atoms. The Morgan fingerprint density at radius 2 is 2.07 bits per heavy atom. The second kappa shape index (κ2) is 9.32. The summed E-state index contributed by atoms with van der Waals surface area (Å²) in [6, 6.07) is 7.38. The van der Waals surface area contributed by atoms with Crippen molar-refractivity contribution in [2.75, 3.05) is 26.0 Å². The Balaban J connectivity index is 1.84. The molecule has 0 aliphatic heterocycles. The van der Waals surface area contributed by atoms with E-state index in [2.05, 4.69) is 25.6 Å². The molecule has 0 saturated heterocycles. The van der Waals surface area contributed by atoms with Crippen molar-refractivity contribution in [3.05, 3.63) is 54.4 Å². The zero-order valence-electron chi connectivity index (χ0n) is 17.6. The summed E-state index contributed by atoms with van der Waals surface area (Å²) in [5.74, 6) is -0.401. The summed E-state index contributed by atoms with van der Waals surface area (Å²) in [4.78, 5) is 38.5. The molecule has 156 valence electrons. The van der Waals surface area contributed by atoms with E-state index in [0.717, 1.165) is 5.56 Å². The highest BCUT2D eigenvalue weighted by Crippen LogP contribution is 2.23. The van der Waals surface area contributed by atoms with Crippen LogP contribution in [-0.2, 0) is 4.79 Å². The summed E-state index contributed by atoms with van der Waals surface area (Å²) in [5.41, 5.74) is 3.55. The number of carbonyl (C=O) groups is 2. The highest BCUT2D eigenvalue weighted by molar-refractivity contribution is 6.05. The van der Waals surface area contributed by atoms with Gasteiger partial charge in [0.1, 0.15) is 5.52 Å². The zero-order valence-corrected chi connectivity index (χ0v) is 17.6. The van der Waals surface area contributed by atoms with E-state index in [9.17, 15) is 9.59 Å². The number of hydrogen-bond donors (Lipinski definition) is 3. The normalized spacial score (nSPS) is 11.5. The van der Waals surface area contributed by atoms with Gasteiger partial charge in [0.25, 0.3) is 5.91 Å². The van der Waals surface area contributed by atoms with Gasteiger partial charge in [0, 0.05) is 36.1 Å². The van der Waals surface area contributed by atoms with Gasteiger partial charge in [-0.05, 0) is 40.1 Å². The Morgan fingerprint density at radius 1 is 1.27 bits per heavy atom. The molecule has 0 aliphatic rings. The number of aromatic nitrogens is 3. The molecule has 0 fully saturated rings. The zero-order chi connectivity index (χ0) is 21.7. The minimum Gasteiger partial charge on any atom is -0.350 e. The first kappa shape index (κ1) is 21.2. The van der Waals surface area contributed by atoms with Crippen molar-refractivity contribution in [1.82, 2.24) is 25.2 Å². The number of nitrogens with zero attached hydrogens (tertiary/aromatic N) is 3. The molecule has 0 atom stereocenters. The Labute approximate surface area is 175 Å². The van der Waals surface area contributed by atoms with Gasteiger partial charge in [0.15, 0.2) is 5.65 Å². The smallest absolute Gasteiger partial charge is 0.255 e. The maximum Gasteiger partial charge on any atom is 0.255 e. The predicted molar refractivity (Wildman–Crippen MR) is 118 cm³/mol. The van der Waals surface area contributed by atoms with Crippen LogP contribution in [0.1, 0.15) is 24.2 Å². The molecule has 2 heterocycles. The molecule has 0 unspecified atom stereocenters. The lowest BCUT2D eigenvalue weighted by Gasteiger charge is -2.08. The third-order valence-corrected chi connectivity index (χ3v) is 4.21. The van der Waals surface area contributed by atoms with E-state index in [1.807, 2.05) is 57.1 Å². The lowest BCUT2D eigenvalue weighted by atomic mass is 10.1. The first-order chi connectivity index (χ1) is 14.3. The number of H-pyrrole nitrogens is 1. The number of fused-ring (bicyclic) bond motifs is 1. The number of carbonyl (C=O) groups excluding carboxylic acids is 2. The monoisotopic (exact) mass is 406 g/mol. The van der Waals surface area contributed by atoms with Crippen molar-refractivity contribution < 1.29 is 9.59 Å². The molecule has 8 heteroatoms. The molecule has 2 amide bonds. The van der Waals surface area contributed by atoms with Gasteiger partial charge in [0.05, 0.1) is 17.5 Å². The maximum atomic E-state index is 12.4. The molecule has 2 aromatic heterocycles. The topological polar surface area (TPSA) is 103 Å². The SMILES string of the molecule is CC(C)NC(=O)c1c[nH]c2ncc(-c3cccc(NC(=O)/C=C/CN(C)C)c3)nc12.